The van der Waals surface area contributed by atoms with Crippen molar-refractivity contribution < 1.29 is 4.39 Å². The van der Waals surface area contributed by atoms with Crippen LogP contribution in [0.2, 0.25) is 5.02 Å². The number of halogens is 3. The molecular weight excluding hydrogens is 286 g/mol. The molecule has 1 fully saturated rings. The molecule has 1 aliphatic rings. The fourth-order valence-electron chi connectivity index (χ4n) is 2.54. The first kappa shape index (κ1) is 16.7. The van der Waals surface area contributed by atoms with E-state index >= 15 is 0 Å². The van der Waals surface area contributed by atoms with E-state index in [0.29, 0.717) is 5.02 Å². The normalized spacial score (nSPS) is 17.2. The Hall–Kier alpha value is -0.350. The molecule has 0 amide bonds. The fraction of sp³-hybridized carbons (Fsp3) is 0.571. The smallest absolute Gasteiger partial charge is 0.123 e. The van der Waals surface area contributed by atoms with Gasteiger partial charge in [-0.2, -0.15) is 0 Å². The van der Waals surface area contributed by atoms with Gasteiger partial charge in [-0.15, -0.1) is 12.4 Å². The van der Waals surface area contributed by atoms with E-state index in [2.05, 4.69) is 10.2 Å². The lowest BCUT2D eigenvalue weighted by Crippen LogP contribution is -2.36. The summed E-state index contributed by atoms with van der Waals surface area (Å²) in [5, 5.41) is 3.89. The molecule has 0 atom stereocenters. The standard InChI is InChI=1S/C14H20ClFN2.ClH/c1-17-9-11-4-6-18(7-5-11)10-12-8-13(16)2-3-14(12)15;/h2-3,8,11,17H,4-7,9-10H2,1H3;1H. The van der Waals surface area contributed by atoms with Gasteiger partial charge in [0.25, 0.3) is 0 Å². The second kappa shape index (κ2) is 8.05. The molecule has 0 bridgehead atoms. The van der Waals surface area contributed by atoms with Crippen LogP contribution in [-0.4, -0.2) is 31.6 Å². The number of rotatable bonds is 4. The van der Waals surface area contributed by atoms with Crippen LogP contribution in [0.25, 0.3) is 0 Å². The molecule has 1 heterocycles. The molecule has 0 aliphatic carbocycles. The summed E-state index contributed by atoms with van der Waals surface area (Å²) >= 11 is 6.09. The Morgan fingerprint density at radius 3 is 2.68 bits per heavy atom. The molecule has 1 N–H and O–H groups in total. The topological polar surface area (TPSA) is 15.3 Å². The van der Waals surface area contributed by atoms with Crippen molar-refractivity contribution in [3.05, 3.63) is 34.6 Å². The molecule has 108 valence electrons. The van der Waals surface area contributed by atoms with Crippen molar-refractivity contribution in [2.45, 2.75) is 19.4 Å². The molecule has 0 aromatic heterocycles. The monoisotopic (exact) mass is 306 g/mol. The highest BCUT2D eigenvalue weighted by Gasteiger charge is 2.19. The third-order valence-electron chi connectivity index (χ3n) is 3.60. The van der Waals surface area contributed by atoms with E-state index in [1.54, 1.807) is 12.1 Å². The largest absolute Gasteiger partial charge is 0.319 e. The lowest BCUT2D eigenvalue weighted by molar-refractivity contribution is 0.176. The van der Waals surface area contributed by atoms with Gasteiger partial charge >= 0.3 is 0 Å². The zero-order chi connectivity index (χ0) is 13.0. The fourth-order valence-corrected chi connectivity index (χ4v) is 2.72. The van der Waals surface area contributed by atoms with Crippen LogP contribution in [0.4, 0.5) is 4.39 Å². The zero-order valence-electron chi connectivity index (χ0n) is 11.2. The van der Waals surface area contributed by atoms with Crippen LogP contribution in [0.3, 0.4) is 0 Å². The summed E-state index contributed by atoms with van der Waals surface area (Å²) in [6.07, 6.45) is 2.40. The third-order valence-corrected chi connectivity index (χ3v) is 3.97. The van der Waals surface area contributed by atoms with E-state index in [0.717, 1.165) is 37.7 Å². The molecule has 0 unspecified atom stereocenters. The highest BCUT2D eigenvalue weighted by atomic mass is 35.5. The molecular formula is C14H21Cl2FN2. The van der Waals surface area contributed by atoms with Crippen molar-refractivity contribution in [1.29, 1.82) is 0 Å². The molecule has 0 saturated carbocycles. The Balaban J connectivity index is 0.00000180. The molecule has 1 aromatic rings. The Morgan fingerprint density at radius 2 is 2.05 bits per heavy atom. The summed E-state index contributed by atoms with van der Waals surface area (Å²) in [7, 11) is 2.00. The van der Waals surface area contributed by atoms with Crippen molar-refractivity contribution in [3.63, 3.8) is 0 Å². The molecule has 1 aliphatic heterocycles. The Kier molecular flexibility index (Phi) is 7.08. The average molecular weight is 307 g/mol. The lowest BCUT2D eigenvalue weighted by Gasteiger charge is -2.32. The molecule has 2 rings (SSSR count). The first-order valence-electron chi connectivity index (χ1n) is 6.50. The molecule has 19 heavy (non-hydrogen) atoms. The van der Waals surface area contributed by atoms with Crippen molar-refractivity contribution in [3.8, 4) is 0 Å². The predicted octanol–water partition coefficient (Wildman–Crippen LogP) is 3.33. The highest BCUT2D eigenvalue weighted by Crippen LogP contribution is 2.22. The van der Waals surface area contributed by atoms with E-state index in [1.807, 2.05) is 7.05 Å². The molecule has 2 nitrogen and oxygen atoms in total. The maximum atomic E-state index is 13.2. The van der Waals surface area contributed by atoms with E-state index < -0.39 is 0 Å². The minimum atomic E-state index is -0.209. The maximum Gasteiger partial charge on any atom is 0.123 e. The quantitative estimate of drug-likeness (QED) is 0.918. The zero-order valence-corrected chi connectivity index (χ0v) is 12.7. The van der Waals surface area contributed by atoms with Gasteiger partial charge < -0.3 is 5.32 Å². The van der Waals surface area contributed by atoms with Crippen molar-refractivity contribution in [2.24, 2.45) is 5.92 Å². The minimum Gasteiger partial charge on any atom is -0.319 e. The highest BCUT2D eigenvalue weighted by molar-refractivity contribution is 6.31. The molecule has 5 heteroatoms. The number of nitrogens with one attached hydrogen (secondary N) is 1. The summed E-state index contributed by atoms with van der Waals surface area (Å²) in [5.41, 5.74) is 0.892. The number of hydrogen-bond acceptors (Lipinski definition) is 2. The maximum absolute atomic E-state index is 13.2. The first-order chi connectivity index (χ1) is 8.69. The van der Waals surface area contributed by atoms with Gasteiger partial charge in [0.05, 0.1) is 0 Å². The molecule has 1 saturated heterocycles. The van der Waals surface area contributed by atoms with Gasteiger partial charge in [-0.25, -0.2) is 4.39 Å². The van der Waals surface area contributed by atoms with Crippen molar-refractivity contribution in [2.75, 3.05) is 26.7 Å². The number of hydrogen-bond donors (Lipinski definition) is 1. The molecule has 1 aromatic carbocycles. The summed E-state index contributed by atoms with van der Waals surface area (Å²) in [5.74, 6) is 0.564. The second-order valence-corrected chi connectivity index (χ2v) is 5.42. The van der Waals surface area contributed by atoms with Crippen LogP contribution in [0.1, 0.15) is 18.4 Å². The summed E-state index contributed by atoms with van der Waals surface area (Å²) in [4.78, 5) is 2.35. The lowest BCUT2D eigenvalue weighted by atomic mass is 9.96. The van der Waals surface area contributed by atoms with Crippen LogP contribution >= 0.6 is 24.0 Å². The van der Waals surface area contributed by atoms with Crippen LogP contribution < -0.4 is 5.32 Å². The SMILES string of the molecule is CNCC1CCN(Cc2cc(F)ccc2Cl)CC1.Cl. The Bertz CT molecular complexity index is 393. The van der Waals surface area contributed by atoms with E-state index in [9.17, 15) is 4.39 Å². The van der Waals surface area contributed by atoms with E-state index in [-0.39, 0.29) is 18.2 Å². The molecule has 0 radical (unpaired) electrons. The number of benzene rings is 1. The van der Waals surface area contributed by atoms with Gasteiger partial charge in [0.1, 0.15) is 5.82 Å². The Morgan fingerprint density at radius 1 is 1.37 bits per heavy atom. The Labute approximate surface area is 125 Å². The van der Waals surface area contributed by atoms with Crippen LogP contribution in [-0.2, 0) is 6.54 Å². The van der Waals surface area contributed by atoms with Crippen molar-refractivity contribution >= 4 is 24.0 Å². The van der Waals surface area contributed by atoms with Crippen LogP contribution in [0.15, 0.2) is 18.2 Å². The van der Waals surface area contributed by atoms with Gasteiger partial charge in [0.15, 0.2) is 0 Å². The van der Waals surface area contributed by atoms with E-state index in [4.69, 9.17) is 11.6 Å². The number of nitrogens with zero attached hydrogens (tertiary/aromatic N) is 1. The third kappa shape index (κ3) is 4.92. The summed E-state index contributed by atoms with van der Waals surface area (Å²) < 4.78 is 13.2. The summed E-state index contributed by atoms with van der Waals surface area (Å²) in [6.45, 7) is 3.98. The summed E-state index contributed by atoms with van der Waals surface area (Å²) in [6, 6.07) is 4.59. The predicted molar refractivity (Wildman–Crippen MR) is 80.6 cm³/mol. The van der Waals surface area contributed by atoms with Crippen LogP contribution in [0.5, 0.6) is 0 Å². The van der Waals surface area contributed by atoms with Gasteiger partial charge in [0, 0.05) is 11.6 Å². The number of likely N-dealkylation sites (tertiary alicyclic amines) is 1. The number of piperidine rings is 1. The first-order valence-corrected chi connectivity index (χ1v) is 6.87. The van der Waals surface area contributed by atoms with Gasteiger partial charge in [-0.3, -0.25) is 4.90 Å². The minimum absolute atomic E-state index is 0. The average Bonchev–Trinajstić information content (AvgIpc) is 2.37. The molecule has 0 spiro atoms. The van der Waals surface area contributed by atoms with Gasteiger partial charge in [-0.05, 0) is 69.2 Å². The van der Waals surface area contributed by atoms with Gasteiger partial charge in [0.2, 0.25) is 0 Å². The van der Waals surface area contributed by atoms with E-state index in [1.165, 1.54) is 18.9 Å². The van der Waals surface area contributed by atoms with Crippen molar-refractivity contribution in [1.82, 2.24) is 10.2 Å². The van der Waals surface area contributed by atoms with Crippen LogP contribution in [0, 0.1) is 11.7 Å². The second-order valence-electron chi connectivity index (χ2n) is 5.01. The van der Waals surface area contributed by atoms with Gasteiger partial charge in [-0.1, -0.05) is 11.6 Å².